The Balaban J connectivity index is 1.51. The molecule has 4 rings (SSSR count). The summed E-state index contributed by atoms with van der Waals surface area (Å²) in [6, 6.07) is 7.37. The Morgan fingerprint density at radius 1 is 1.30 bits per heavy atom. The van der Waals surface area contributed by atoms with E-state index >= 15 is 0 Å². The number of hydrogen-bond donors (Lipinski definition) is 1. The minimum absolute atomic E-state index is 0.306. The summed E-state index contributed by atoms with van der Waals surface area (Å²) in [6.07, 6.45) is 1.41. The number of carbonyl (C=O) groups is 1. The lowest BCUT2D eigenvalue weighted by atomic mass is 10.3. The molecule has 0 aliphatic carbocycles. The number of anilines is 2. The zero-order valence-electron chi connectivity index (χ0n) is 14.8. The van der Waals surface area contributed by atoms with Crippen LogP contribution in [0.15, 0.2) is 30.6 Å². The summed E-state index contributed by atoms with van der Waals surface area (Å²) in [5, 5.41) is 3.35. The average Bonchev–Trinajstić information content (AvgIpc) is 3.10. The molecule has 0 spiro atoms. The van der Waals surface area contributed by atoms with Gasteiger partial charge >= 0.3 is 0 Å². The normalized spacial score (nSPS) is 14.3. The molecule has 8 nitrogen and oxygen atoms in total. The molecule has 1 saturated heterocycles. The Morgan fingerprint density at radius 3 is 2.96 bits per heavy atom. The monoisotopic (exact) mass is 385 g/mol. The van der Waals surface area contributed by atoms with Crippen molar-refractivity contribution in [3.63, 3.8) is 0 Å². The number of benzene rings is 1. The topological polar surface area (TPSA) is 89.5 Å². The first-order valence-electron chi connectivity index (χ1n) is 8.72. The van der Waals surface area contributed by atoms with Crippen LogP contribution in [-0.4, -0.2) is 53.8 Å². The molecule has 0 unspecified atom stereocenters. The molecule has 1 amide bonds. The number of thiazole rings is 1. The molecular formula is C18H19N5O3S. The highest BCUT2D eigenvalue weighted by atomic mass is 32.1. The van der Waals surface area contributed by atoms with Crippen molar-refractivity contribution >= 4 is 38.4 Å². The molecule has 9 heteroatoms. The van der Waals surface area contributed by atoms with Crippen LogP contribution in [0.4, 0.5) is 10.9 Å². The first-order chi connectivity index (χ1) is 13.2. The third-order valence-electron chi connectivity index (χ3n) is 4.11. The van der Waals surface area contributed by atoms with Gasteiger partial charge in [-0.15, -0.1) is 0 Å². The Morgan fingerprint density at radius 2 is 2.15 bits per heavy atom. The molecule has 1 aliphatic heterocycles. The van der Waals surface area contributed by atoms with Gasteiger partial charge in [0.15, 0.2) is 5.13 Å². The summed E-state index contributed by atoms with van der Waals surface area (Å²) in [4.78, 5) is 27.5. The summed E-state index contributed by atoms with van der Waals surface area (Å²) in [6.45, 7) is 5.35. The van der Waals surface area contributed by atoms with Gasteiger partial charge in [-0.3, -0.25) is 10.1 Å². The number of amides is 1. The summed E-state index contributed by atoms with van der Waals surface area (Å²) in [5.41, 5.74) is 1.12. The van der Waals surface area contributed by atoms with Crippen LogP contribution in [0.1, 0.15) is 17.4 Å². The van der Waals surface area contributed by atoms with E-state index in [2.05, 4.69) is 25.2 Å². The second-order valence-electron chi connectivity index (χ2n) is 5.90. The molecule has 0 atom stereocenters. The van der Waals surface area contributed by atoms with Crippen LogP contribution in [0.3, 0.4) is 0 Å². The van der Waals surface area contributed by atoms with Gasteiger partial charge in [-0.25, -0.2) is 15.0 Å². The average molecular weight is 385 g/mol. The maximum Gasteiger partial charge on any atom is 0.276 e. The van der Waals surface area contributed by atoms with E-state index in [0.717, 1.165) is 34.9 Å². The smallest absolute Gasteiger partial charge is 0.276 e. The van der Waals surface area contributed by atoms with Gasteiger partial charge in [0.25, 0.3) is 5.91 Å². The van der Waals surface area contributed by atoms with Crippen molar-refractivity contribution in [2.45, 2.75) is 6.92 Å². The first kappa shape index (κ1) is 17.6. The highest BCUT2D eigenvalue weighted by molar-refractivity contribution is 7.22. The van der Waals surface area contributed by atoms with Gasteiger partial charge in [-0.05, 0) is 25.1 Å². The van der Waals surface area contributed by atoms with E-state index in [1.807, 2.05) is 25.1 Å². The summed E-state index contributed by atoms with van der Waals surface area (Å²) >= 11 is 1.40. The molecule has 0 bridgehead atoms. The Hall–Kier alpha value is -2.78. The first-order valence-corrected chi connectivity index (χ1v) is 9.54. The minimum Gasteiger partial charge on any atom is -0.494 e. The lowest BCUT2D eigenvalue weighted by Crippen LogP contribution is -2.37. The number of morpholine rings is 1. The molecule has 3 heterocycles. The molecule has 0 saturated carbocycles. The molecule has 140 valence electrons. The van der Waals surface area contributed by atoms with Gasteiger partial charge in [-0.2, -0.15) is 0 Å². The van der Waals surface area contributed by atoms with Crippen LogP contribution in [0, 0.1) is 0 Å². The lowest BCUT2D eigenvalue weighted by Gasteiger charge is -2.27. The van der Waals surface area contributed by atoms with E-state index in [1.54, 1.807) is 6.07 Å². The van der Waals surface area contributed by atoms with Crippen LogP contribution in [0.25, 0.3) is 10.2 Å². The van der Waals surface area contributed by atoms with E-state index in [4.69, 9.17) is 9.47 Å². The molecule has 1 N–H and O–H groups in total. The van der Waals surface area contributed by atoms with Gasteiger partial charge in [0.05, 0.1) is 30.0 Å². The molecule has 2 aromatic heterocycles. The second-order valence-corrected chi connectivity index (χ2v) is 6.93. The van der Waals surface area contributed by atoms with E-state index < -0.39 is 0 Å². The molecule has 1 aliphatic rings. The standard InChI is InChI=1S/C18H19N5O3S/c1-2-26-12-3-4-13-15(9-12)27-18(21-13)22-17(24)14-10-16(20-11-19-14)23-5-7-25-8-6-23/h3-4,9-11H,2,5-8H2,1H3,(H,21,22,24). The summed E-state index contributed by atoms with van der Waals surface area (Å²) in [5.74, 6) is 1.21. The van der Waals surface area contributed by atoms with Crippen LogP contribution in [0.2, 0.25) is 0 Å². The molecule has 1 aromatic carbocycles. The van der Waals surface area contributed by atoms with Gasteiger partial charge in [-0.1, -0.05) is 11.3 Å². The minimum atomic E-state index is -0.309. The predicted octanol–water partition coefficient (Wildman–Crippen LogP) is 2.57. The van der Waals surface area contributed by atoms with E-state index in [0.29, 0.717) is 30.6 Å². The van der Waals surface area contributed by atoms with E-state index in [1.165, 1.54) is 17.7 Å². The fraction of sp³-hybridized carbons (Fsp3) is 0.333. The zero-order valence-corrected chi connectivity index (χ0v) is 15.7. The third-order valence-corrected chi connectivity index (χ3v) is 5.05. The number of rotatable bonds is 5. The molecule has 0 radical (unpaired) electrons. The van der Waals surface area contributed by atoms with Crippen LogP contribution < -0.4 is 15.0 Å². The van der Waals surface area contributed by atoms with E-state index in [-0.39, 0.29) is 5.91 Å². The Bertz CT molecular complexity index is 955. The number of ether oxygens (including phenoxy) is 2. The maximum absolute atomic E-state index is 12.6. The number of aromatic nitrogens is 3. The maximum atomic E-state index is 12.6. The van der Waals surface area contributed by atoms with Crippen LogP contribution in [-0.2, 0) is 4.74 Å². The Labute approximate surface area is 160 Å². The van der Waals surface area contributed by atoms with Crippen molar-refractivity contribution in [3.8, 4) is 5.75 Å². The fourth-order valence-electron chi connectivity index (χ4n) is 2.81. The number of fused-ring (bicyclic) bond motifs is 1. The van der Waals surface area contributed by atoms with Gasteiger partial charge < -0.3 is 14.4 Å². The zero-order chi connectivity index (χ0) is 18.6. The molecular weight excluding hydrogens is 366 g/mol. The molecule has 27 heavy (non-hydrogen) atoms. The number of nitrogens with zero attached hydrogens (tertiary/aromatic N) is 4. The van der Waals surface area contributed by atoms with Crippen molar-refractivity contribution in [1.82, 2.24) is 15.0 Å². The Kier molecular flexibility index (Phi) is 5.12. The third kappa shape index (κ3) is 3.99. The molecule has 3 aromatic rings. The number of carbonyl (C=O) groups excluding carboxylic acids is 1. The predicted molar refractivity (Wildman–Crippen MR) is 104 cm³/mol. The highest BCUT2D eigenvalue weighted by Gasteiger charge is 2.16. The van der Waals surface area contributed by atoms with Crippen LogP contribution >= 0.6 is 11.3 Å². The van der Waals surface area contributed by atoms with Crippen molar-refractivity contribution in [2.75, 3.05) is 43.1 Å². The van der Waals surface area contributed by atoms with E-state index in [9.17, 15) is 4.79 Å². The summed E-state index contributed by atoms with van der Waals surface area (Å²) < 4.78 is 11.8. The summed E-state index contributed by atoms with van der Waals surface area (Å²) in [7, 11) is 0. The van der Waals surface area contributed by atoms with Crippen molar-refractivity contribution < 1.29 is 14.3 Å². The molecule has 1 fully saturated rings. The number of nitrogens with one attached hydrogen (secondary N) is 1. The SMILES string of the molecule is CCOc1ccc2nc(NC(=O)c3cc(N4CCOCC4)ncn3)sc2c1. The van der Waals surface area contributed by atoms with Crippen LogP contribution in [0.5, 0.6) is 5.75 Å². The van der Waals surface area contributed by atoms with Crippen molar-refractivity contribution in [1.29, 1.82) is 0 Å². The van der Waals surface area contributed by atoms with Gasteiger partial charge in [0, 0.05) is 19.2 Å². The van der Waals surface area contributed by atoms with Gasteiger partial charge in [0.1, 0.15) is 23.6 Å². The second kappa shape index (κ2) is 7.85. The lowest BCUT2D eigenvalue weighted by molar-refractivity contribution is 0.102. The van der Waals surface area contributed by atoms with Crippen molar-refractivity contribution in [2.24, 2.45) is 0 Å². The highest BCUT2D eigenvalue weighted by Crippen LogP contribution is 2.29. The van der Waals surface area contributed by atoms with Crippen molar-refractivity contribution in [3.05, 3.63) is 36.3 Å². The largest absolute Gasteiger partial charge is 0.494 e. The fourth-order valence-corrected chi connectivity index (χ4v) is 3.70. The quantitative estimate of drug-likeness (QED) is 0.722. The number of hydrogen-bond acceptors (Lipinski definition) is 8. The van der Waals surface area contributed by atoms with Gasteiger partial charge in [0.2, 0.25) is 0 Å².